The van der Waals surface area contributed by atoms with Gasteiger partial charge in [0, 0.05) is 42.7 Å². The Morgan fingerprint density at radius 1 is 1.30 bits per heavy atom. The molecule has 0 spiro atoms. The first-order valence-corrected chi connectivity index (χ1v) is 10.6. The number of carbonyl (C=O) groups is 1. The number of fused-ring (bicyclic) bond motifs is 1. The summed E-state index contributed by atoms with van der Waals surface area (Å²) in [5, 5.41) is 10.7. The van der Waals surface area contributed by atoms with E-state index in [-0.39, 0.29) is 44.3 Å². The molecule has 0 bridgehead atoms. The molecule has 33 heavy (non-hydrogen) atoms. The Morgan fingerprint density at radius 2 is 2.06 bits per heavy atom. The van der Waals surface area contributed by atoms with Gasteiger partial charge < -0.3 is 11.1 Å². The zero-order chi connectivity index (χ0) is 22.9. The van der Waals surface area contributed by atoms with Crippen molar-refractivity contribution in [1.29, 1.82) is 0 Å². The average Bonchev–Trinajstić information content (AvgIpc) is 3.43. The van der Waals surface area contributed by atoms with Gasteiger partial charge >= 0.3 is 6.18 Å². The highest BCUT2D eigenvalue weighted by atomic mass is 35.5. The Kier molecular flexibility index (Phi) is 7.33. The van der Waals surface area contributed by atoms with Crippen molar-refractivity contribution >= 4 is 29.2 Å². The molecule has 4 rings (SSSR count). The number of alkyl halides is 3. The number of halogens is 4. The predicted octanol–water partition coefficient (Wildman–Crippen LogP) is 4.19. The van der Waals surface area contributed by atoms with Crippen LogP contribution in [0.4, 0.5) is 13.2 Å². The first-order valence-electron chi connectivity index (χ1n) is 10.6. The Labute approximate surface area is 195 Å². The molecule has 2 atom stereocenters. The average molecular weight is 482 g/mol. The first-order chi connectivity index (χ1) is 15.2. The summed E-state index contributed by atoms with van der Waals surface area (Å²) in [7, 11) is 0. The van der Waals surface area contributed by atoms with Gasteiger partial charge in [0.15, 0.2) is 0 Å². The molecule has 0 unspecified atom stereocenters. The summed E-state index contributed by atoms with van der Waals surface area (Å²) in [6.07, 6.45) is 0.634. The zero-order valence-electron chi connectivity index (χ0n) is 18.2. The zero-order valence-corrected chi connectivity index (χ0v) is 19.0. The smallest absolute Gasteiger partial charge is 0.355 e. The lowest BCUT2D eigenvalue weighted by molar-refractivity contribution is -0.194. The summed E-state index contributed by atoms with van der Waals surface area (Å²) in [5.74, 6) is -1.40. The molecule has 0 saturated heterocycles. The van der Waals surface area contributed by atoms with Gasteiger partial charge in [-0.2, -0.15) is 18.3 Å². The van der Waals surface area contributed by atoms with Gasteiger partial charge in [0.1, 0.15) is 0 Å². The van der Waals surface area contributed by atoms with E-state index in [1.54, 1.807) is 18.3 Å². The number of hydrogen-bond donors (Lipinski definition) is 3. The summed E-state index contributed by atoms with van der Waals surface area (Å²) >= 11 is 0. The van der Waals surface area contributed by atoms with Crippen LogP contribution >= 0.6 is 12.4 Å². The maximum Gasteiger partial charge on any atom is 0.395 e. The van der Waals surface area contributed by atoms with Gasteiger partial charge in [-0.1, -0.05) is 12.1 Å². The van der Waals surface area contributed by atoms with Gasteiger partial charge in [-0.05, 0) is 55.0 Å². The number of nitrogens with zero attached hydrogens (tertiary/aromatic N) is 2. The lowest BCUT2D eigenvalue weighted by Crippen LogP contribution is -2.40. The standard InChI is InChI=1S/C23H26F3N5O.ClH/c1-14-7-15(8-17-12-30-31-21(14)17)9-18(27)13-29-20(32)10-19(16-3-2-6-28-11-16)22(4-5-22)23(24,25)26;/h2-3,6-8,11-12,18-19H,4-5,9-10,13,27H2,1H3,(H,29,32)(H,30,31);1H/t18-,19+;/m0./s1. The van der Waals surface area contributed by atoms with Crippen LogP contribution in [0.5, 0.6) is 0 Å². The lowest BCUT2D eigenvalue weighted by atomic mass is 9.80. The monoisotopic (exact) mass is 481 g/mol. The third-order valence-corrected chi connectivity index (χ3v) is 6.36. The molecule has 2 heterocycles. The molecule has 1 saturated carbocycles. The topological polar surface area (TPSA) is 96.7 Å². The number of aromatic amines is 1. The molecule has 0 radical (unpaired) electrons. The second kappa shape index (κ2) is 9.69. The summed E-state index contributed by atoms with van der Waals surface area (Å²) in [6, 6.07) is 6.85. The van der Waals surface area contributed by atoms with Crippen LogP contribution in [0.3, 0.4) is 0 Å². The molecule has 1 amide bonds. The third-order valence-electron chi connectivity index (χ3n) is 6.36. The molecule has 1 aliphatic rings. The number of amides is 1. The van der Waals surface area contributed by atoms with Crippen LogP contribution in [-0.4, -0.2) is 39.9 Å². The molecule has 1 fully saturated rings. The van der Waals surface area contributed by atoms with Crippen LogP contribution in [0.25, 0.3) is 10.9 Å². The van der Waals surface area contributed by atoms with Crippen molar-refractivity contribution in [2.24, 2.45) is 11.1 Å². The van der Waals surface area contributed by atoms with Crippen molar-refractivity contribution < 1.29 is 18.0 Å². The minimum Gasteiger partial charge on any atom is -0.355 e. The number of nitrogens with two attached hydrogens (primary N) is 1. The summed E-state index contributed by atoms with van der Waals surface area (Å²) in [6.45, 7) is 2.16. The van der Waals surface area contributed by atoms with Crippen molar-refractivity contribution in [3.8, 4) is 0 Å². The molecule has 1 aromatic carbocycles. The molecule has 178 valence electrons. The Hall–Kier alpha value is -2.65. The maximum absolute atomic E-state index is 13.8. The van der Waals surface area contributed by atoms with E-state index in [4.69, 9.17) is 5.73 Å². The highest BCUT2D eigenvalue weighted by Crippen LogP contribution is 2.66. The van der Waals surface area contributed by atoms with Crippen LogP contribution in [-0.2, 0) is 11.2 Å². The van der Waals surface area contributed by atoms with E-state index in [9.17, 15) is 18.0 Å². The molecule has 4 N–H and O–H groups in total. The van der Waals surface area contributed by atoms with Crippen molar-refractivity contribution in [2.75, 3.05) is 6.54 Å². The summed E-state index contributed by atoms with van der Waals surface area (Å²) in [5.41, 5.74) is 7.82. The fourth-order valence-electron chi connectivity index (χ4n) is 4.49. The highest BCUT2D eigenvalue weighted by Gasteiger charge is 2.67. The van der Waals surface area contributed by atoms with Gasteiger partial charge in [0.25, 0.3) is 0 Å². The van der Waals surface area contributed by atoms with Gasteiger partial charge in [-0.15, -0.1) is 12.4 Å². The number of hydrogen-bond acceptors (Lipinski definition) is 4. The number of aryl methyl sites for hydroxylation is 1. The quantitative estimate of drug-likeness (QED) is 0.449. The van der Waals surface area contributed by atoms with E-state index in [2.05, 4.69) is 20.5 Å². The molecule has 1 aliphatic carbocycles. The minimum absolute atomic E-state index is 0. The molecule has 3 aromatic rings. The molecular formula is C23H27ClF3N5O. The van der Waals surface area contributed by atoms with Crippen molar-refractivity contribution in [2.45, 2.75) is 50.7 Å². The Balaban J connectivity index is 0.00000306. The normalized spacial score (nSPS) is 16.6. The van der Waals surface area contributed by atoms with Crippen molar-refractivity contribution in [1.82, 2.24) is 20.5 Å². The largest absolute Gasteiger partial charge is 0.395 e. The summed E-state index contributed by atoms with van der Waals surface area (Å²) in [4.78, 5) is 16.6. The fourth-order valence-corrected chi connectivity index (χ4v) is 4.49. The fraction of sp³-hybridized carbons (Fsp3) is 0.435. The molecule has 0 aliphatic heterocycles. The number of nitrogens with one attached hydrogen (secondary N) is 2. The number of H-pyrrole nitrogens is 1. The van der Waals surface area contributed by atoms with Gasteiger partial charge in [-0.3, -0.25) is 14.9 Å². The van der Waals surface area contributed by atoms with Crippen LogP contribution in [0.1, 0.15) is 41.9 Å². The van der Waals surface area contributed by atoms with E-state index < -0.39 is 23.4 Å². The van der Waals surface area contributed by atoms with Crippen molar-refractivity contribution in [3.63, 3.8) is 0 Å². The number of carbonyl (C=O) groups excluding carboxylic acids is 1. The predicted molar refractivity (Wildman–Crippen MR) is 122 cm³/mol. The maximum atomic E-state index is 13.8. The van der Waals surface area contributed by atoms with Gasteiger partial charge in [0.05, 0.1) is 17.1 Å². The van der Waals surface area contributed by atoms with E-state index in [0.717, 1.165) is 22.0 Å². The van der Waals surface area contributed by atoms with Crippen molar-refractivity contribution in [3.05, 3.63) is 59.5 Å². The van der Waals surface area contributed by atoms with E-state index in [1.165, 1.54) is 12.4 Å². The van der Waals surface area contributed by atoms with Crippen LogP contribution in [0.2, 0.25) is 0 Å². The van der Waals surface area contributed by atoms with E-state index in [1.807, 2.05) is 19.1 Å². The number of aromatic nitrogens is 3. The molecule has 6 nitrogen and oxygen atoms in total. The number of benzene rings is 1. The molecular weight excluding hydrogens is 455 g/mol. The van der Waals surface area contributed by atoms with Gasteiger partial charge in [-0.25, -0.2) is 0 Å². The second-order valence-electron chi connectivity index (χ2n) is 8.71. The van der Waals surface area contributed by atoms with E-state index in [0.29, 0.717) is 12.0 Å². The van der Waals surface area contributed by atoms with E-state index >= 15 is 0 Å². The van der Waals surface area contributed by atoms with Crippen LogP contribution < -0.4 is 11.1 Å². The molecule has 2 aromatic heterocycles. The third kappa shape index (κ3) is 5.30. The highest BCUT2D eigenvalue weighted by molar-refractivity contribution is 5.85. The lowest BCUT2D eigenvalue weighted by Gasteiger charge is -2.29. The Bertz CT molecular complexity index is 1100. The summed E-state index contributed by atoms with van der Waals surface area (Å²) < 4.78 is 41.3. The number of rotatable bonds is 8. The van der Waals surface area contributed by atoms with Crippen LogP contribution in [0.15, 0.2) is 42.9 Å². The minimum atomic E-state index is -4.37. The first kappa shape index (κ1) is 25.0. The van der Waals surface area contributed by atoms with Gasteiger partial charge in [0.2, 0.25) is 5.91 Å². The number of pyridine rings is 1. The SMILES string of the molecule is Cc1cc(C[C@H](N)CNC(=O)C[C@H](c2cccnc2)C2(C(F)(F)F)CC2)cc2cn[nH]c12.Cl. The van der Waals surface area contributed by atoms with Crippen LogP contribution in [0, 0.1) is 12.3 Å². The Morgan fingerprint density at radius 3 is 2.70 bits per heavy atom. The second-order valence-corrected chi connectivity index (χ2v) is 8.71. The molecule has 10 heteroatoms.